The molecule has 0 aliphatic heterocycles. The molecule has 0 bridgehead atoms. The Hall–Kier alpha value is -2.04. The van der Waals surface area contributed by atoms with Crippen molar-refractivity contribution in [3.05, 3.63) is 35.4 Å². The van der Waals surface area contributed by atoms with Crippen LogP contribution in [0.2, 0.25) is 0 Å². The van der Waals surface area contributed by atoms with Crippen LogP contribution < -0.4 is 10.6 Å². The van der Waals surface area contributed by atoms with Crippen LogP contribution in [0, 0.1) is 5.41 Å². The van der Waals surface area contributed by atoms with E-state index in [1.807, 2.05) is 24.3 Å². The second-order valence-electron chi connectivity index (χ2n) is 5.35. The van der Waals surface area contributed by atoms with E-state index < -0.39 is 11.4 Å². The zero-order chi connectivity index (χ0) is 15.2. The van der Waals surface area contributed by atoms with Crippen molar-refractivity contribution in [1.82, 2.24) is 10.6 Å². The van der Waals surface area contributed by atoms with Gasteiger partial charge in [-0.1, -0.05) is 31.2 Å². The van der Waals surface area contributed by atoms with Gasteiger partial charge in [-0.3, -0.25) is 4.79 Å². The van der Waals surface area contributed by atoms with Gasteiger partial charge in [-0.2, -0.15) is 0 Å². The number of hydrogen-bond donors (Lipinski definition) is 3. The normalized spacial score (nSPS) is 10.9. The number of benzene rings is 1. The molecule has 1 aromatic carbocycles. The van der Waals surface area contributed by atoms with Crippen LogP contribution in [0.1, 0.15) is 31.9 Å². The highest BCUT2D eigenvalue weighted by atomic mass is 16.4. The van der Waals surface area contributed by atoms with Crippen molar-refractivity contribution < 1.29 is 14.7 Å². The molecule has 2 amide bonds. The molecule has 0 saturated carbocycles. The Bertz CT molecular complexity index is 484. The Morgan fingerprint density at radius 3 is 2.30 bits per heavy atom. The van der Waals surface area contributed by atoms with E-state index >= 15 is 0 Å². The predicted molar refractivity (Wildman–Crippen MR) is 77.5 cm³/mol. The van der Waals surface area contributed by atoms with E-state index in [1.54, 1.807) is 13.8 Å². The average molecular weight is 278 g/mol. The van der Waals surface area contributed by atoms with Crippen LogP contribution in [0.3, 0.4) is 0 Å². The first-order chi connectivity index (χ1) is 9.36. The van der Waals surface area contributed by atoms with E-state index in [1.165, 1.54) is 5.56 Å². The van der Waals surface area contributed by atoms with Gasteiger partial charge in [-0.05, 0) is 31.4 Å². The van der Waals surface area contributed by atoms with E-state index in [9.17, 15) is 9.59 Å². The summed E-state index contributed by atoms with van der Waals surface area (Å²) in [6, 6.07) is 7.55. The molecular formula is C15H22N2O3. The minimum atomic E-state index is -0.974. The van der Waals surface area contributed by atoms with Crippen molar-refractivity contribution in [2.75, 3.05) is 6.54 Å². The van der Waals surface area contributed by atoms with Gasteiger partial charge in [0.2, 0.25) is 0 Å². The van der Waals surface area contributed by atoms with Crippen LogP contribution in [0.15, 0.2) is 24.3 Å². The van der Waals surface area contributed by atoms with Gasteiger partial charge < -0.3 is 15.7 Å². The third-order valence-corrected chi connectivity index (χ3v) is 3.21. The fourth-order valence-corrected chi connectivity index (χ4v) is 1.69. The third kappa shape index (κ3) is 4.57. The van der Waals surface area contributed by atoms with Gasteiger partial charge in [0.1, 0.15) is 0 Å². The smallest absolute Gasteiger partial charge is 0.315 e. The van der Waals surface area contributed by atoms with Gasteiger partial charge in [-0.15, -0.1) is 0 Å². The number of amides is 2. The second kappa shape index (κ2) is 6.93. The van der Waals surface area contributed by atoms with Crippen LogP contribution in [-0.4, -0.2) is 23.7 Å². The van der Waals surface area contributed by atoms with Crippen LogP contribution >= 0.6 is 0 Å². The molecule has 1 rings (SSSR count). The summed E-state index contributed by atoms with van der Waals surface area (Å²) in [7, 11) is 0. The van der Waals surface area contributed by atoms with Crippen LogP contribution in [0.25, 0.3) is 0 Å². The predicted octanol–water partition coefficient (Wildman–Crippen LogP) is 2.16. The van der Waals surface area contributed by atoms with Gasteiger partial charge >= 0.3 is 12.0 Å². The molecule has 5 heteroatoms. The van der Waals surface area contributed by atoms with Gasteiger partial charge in [-0.25, -0.2) is 4.79 Å². The number of nitrogens with one attached hydrogen (secondary N) is 2. The molecule has 110 valence electrons. The average Bonchev–Trinajstić information content (AvgIpc) is 2.43. The number of carbonyl (C=O) groups excluding carboxylic acids is 1. The molecule has 0 aliphatic carbocycles. The monoisotopic (exact) mass is 278 g/mol. The fraction of sp³-hybridized carbons (Fsp3) is 0.467. The van der Waals surface area contributed by atoms with Gasteiger partial charge in [0.05, 0.1) is 5.41 Å². The number of carboxylic acid groups (broad SMARTS) is 1. The minimum absolute atomic E-state index is 0.0869. The molecular weight excluding hydrogens is 256 g/mol. The second-order valence-corrected chi connectivity index (χ2v) is 5.35. The van der Waals surface area contributed by atoms with E-state index in [0.29, 0.717) is 6.54 Å². The van der Waals surface area contributed by atoms with E-state index in [-0.39, 0.29) is 12.6 Å². The maximum atomic E-state index is 11.7. The molecule has 0 fully saturated rings. The number of aliphatic carboxylic acids is 1. The van der Waals surface area contributed by atoms with Crippen molar-refractivity contribution in [3.8, 4) is 0 Å². The summed E-state index contributed by atoms with van der Waals surface area (Å²) in [5.74, 6) is -0.936. The summed E-state index contributed by atoms with van der Waals surface area (Å²) >= 11 is 0. The minimum Gasteiger partial charge on any atom is -0.481 e. The molecule has 0 aliphatic rings. The van der Waals surface area contributed by atoms with Crippen LogP contribution in [0.4, 0.5) is 4.79 Å². The number of carbonyl (C=O) groups is 2. The maximum Gasteiger partial charge on any atom is 0.315 e. The number of urea groups is 1. The zero-order valence-electron chi connectivity index (χ0n) is 12.2. The molecule has 0 spiro atoms. The summed E-state index contributed by atoms with van der Waals surface area (Å²) in [6.45, 7) is 5.73. The van der Waals surface area contributed by atoms with Crippen molar-refractivity contribution in [2.24, 2.45) is 5.41 Å². The summed E-state index contributed by atoms with van der Waals surface area (Å²) in [5.41, 5.74) is 1.29. The number of carboxylic acids is 1. The van der Waals surface area contributed by atoms with E-state index in [0.717, 1.165) is 12.0 Å². The molecule has 0 unspecified atom stereocenters. The quantitative estimate of drug-likeness (QED) is 0.746. The first kappa shape index (κ1) is 16.0. The number of rotatable bonds is 6. The Labute approximate surface area is 119 Å². The van der Waals surface area contributed by atoms with Crippen LogP contribution in [0.5, 0.6) is 0 Å². The maximum absolute atomic E-state index is 11.7. The highest BCUT2D eigenvalue weighted by Crippen LogP contribution is 2.13. The molecule has 20 heavy (non-hydrogen) atoms. The first-order valence-electron chi connectivity index (χ1n) is 6.68. The van der Waals surface area contributed by atoms with Crippen molar-refractivity contribution >= 4 is 12.0 Å². The number of aryl methyl sites for hydroxylation is 1. The lowest BCUT2D eigenvalue weighted by Crippen LogP contribution is -2.43. The molecule has 5 nitrogen and oxygen atoms in total. The molecule has 0 aromatic heterocycles. The summed E-state index contributed by atoms with van der Waals surface area (Å²) in [5, 5.41) is 14.3. The standard InChI is InChI=1S/C15H22N2O3/c1-4-11-7-5-6-8-12(11)9-16-14(20)17-10-15(2,3)13(18)19/h5-8H,4,9-10H2,1-3H3,(H,18,19)(H2,16,17,20). The SMILES string of the molecule is CCc1ccccc1CNC(=O)NCC(C)(C)C(=O)O. The molecule has 3 N–H and O–H groups in total. The summed E-state index contributed by atoms with van der Waals surface area (Å²) in [4.78, 5) is 22.6. The summed E-state index contributed by atoms with van der Waals surface area (Å²) in [6.07, 6.45) is 0.908. The van der Waals surface area contributed by atoms with Gasteiger partial charge in [0.15, 0.2) is 0 Å². The molecule has 0 radical (unpaired) electrons. The van der Waals surface area contributed by atoms with Crippen molar-refractivity contribution in [2.45, 2.75) is 33.7 Å². The van der Waals surface area contributed by atoms with Gasteiger partial charge in [0.25, 0.3) is 0 Å². The zero-order valence-corrected chi connectivity index (χ0v) is 12.2. The lowest BCUT2D eigenvalue weighted by molar-refractivity contribution is -0.146. The Balaban J connectivity index is 2.46. The largest absolute Gasteiger partial charge is 0.481 e. The van der Waals surface area contributed by atoms with E-state index in [2.05, 4.69) is 17.6 Å². The Morgan fingerprint density at radius 1 is 1.15 bits per heavy atom. The first-order valence-corrected chi connectivity index (χ1v) is 6.68. The van der Waals surface area contributed by atoms with Crippen molar-refractivity contribution in [3.63, 3.8) is 0 Å². The highest BCUT2D eigenvalue weighted by molar-refractivity contribution is 5.77. The van der Waals surface area contributed by atoms with Crippen molar-refractivity contribution in [1.29, 1.82) is 0 Å². The lowest BCUT2D eigenvalue weighted by atomic mass is 9.94. The molecule has 0 atom stereocenters. The summed E-state index contributed by atoms with van der Waals surface area (Å²) < 4.78 is 0. The number of hydrogen-bond acceptors (Lipinski definition) is 2. The highest BCUT2D eigenvalue weighted by Gasteiger charge is 2.27. The molecule has 0 saturated heterocycles. The third-order valence-electron chi connectivity index (χ3n) is 3.21. The Morgan fingerprint density at radius 2 is 1.75 bits per heavy atom. The van der Waals surface area contributed by atoms with Crippen LogP contribution in [-0.2, 0) is 17.8 Å². The lowest BCUT2D eigenvalue weighted by Gasteiger charge is -2.19. The molecule has 0 heterocycles. The van der Waals surface area contributed by atoms with E-state index in [4.69, 9.17) is 5.11 Å². The topological polar surface area (TPSA) is 78.4 Å². The van der Waals surface area contributed by atoms with Gasteiger partial charge in [0, 0.05) is 13.1 Å². The Kier molecular flexibility index (Phi) is 5.55. The molecule has 1 aromatic rings. The fourth-order valence-electron chi connectivity index (χ4n) is 1.69.